The van der Waals surface area contributed by atoms with E-state index in [4.69, 9.17) is 9.16 Å². The van der Waals surface area contributed by atoms with Crippen LogP contribution in [0.25, 0.3) is 0 Å². The van der Waals surface area contributed by atoms with Crippen LogP contribution in [0.1, 0.15) is 76.6 Å². The van der Waals surface area contributed by atoms with Crippen molar-refractivity contribution >= 4 is 14.3 Å². The summed E-state index contributed by atoms with van der Waals surface area (Å²) >= 11 is 0. The predicted molar refractivity (Wildman–Crippen MR) is 118 cm³/mol. The zero-order valence-electron chi connectivity index (χ0n) is 18.7. The number of unbranched alkanes of at least 4 members (excludes halogenated alkanes) is 4. The van der Waals surface area contributed by atoms with Crippen LogP contribution in [-0.2, 0) is 9.16 Å². The molecule has 0 unspecified atom stereocenters. The SMILES string of the molecule is CCCCCCC[C@@H](OC(=O)c1ccccc1)[C@H](CO)O[Si](C)(C)C(C)(C)C. The van der Waals surface area contributed by atoms with Gasteiger partial charge in [-0.1, -0.05) is 71.6 Å². The summed E-state index contributed by atoms with van der Waals surface area (Å²) in [5, 5.41) is 10.1. The van der Waals surface area contributed by atoms with Gasteiger partial charge in [0, 0.05) is 0 Å². The molecule has 0 fully saturated rings. The largest absolute Gasteiger partial charge is 0.456 e. The first kappa shape index (κ1) is 24.9. The van der Waals surface area contributed by atoms with Crippen molar-refractivity contribution in [2.75, 3.05) is 6.61 Å². The standard InChI is InChI=1S/C23H40O4Si/c1-7-8-9-10-14-17-20(26-22(25)19-15-12-11-13-16-19)21(18-24)27-28(5,6)23(2,3)4/h11-13,15-16,20-21,24H,7-10,14,17-18H2,1-6H3/t20-,21+/m1/s1. The van der Waals surface area contributed by atoms with Gasteiger partial charge in [-0.15, -0.1) is 0 Å². The average Bonchev–Trinajstić information content (AvgIpc) is 2.64. The van der Waals surface area contributed by atoms with Gasteiger partial charge < -0.3 is 14.3 Å². The van der Waals surface area contributed by atoms with Crippen LogP contribution in [0, 0.1) is 0 Å². The topological polar surface area (TPSA) is 55.8 Å². The highest BCUT2D eigenvalue weighted by molar-refractivity contribution is 6.74. The van der Waals surface area contributed by atoms with Crippen LogP contribution in [0.4, 0.5) is 0 Å². The van der Waals surface area contributed by atoms with E-state index < -0.39 is 20.5 Å². The third-order valence-corrected chi connectivity index (χ3v) is 10.2. The van der Waals surface area contributed by atoms with E-state index >= 15 is 0 Å². The van der Waals surface area contributed by atoms with Crippen LogP contribution in [0.5, 0.6) is 0 Å². The first-order valence-electron chi connectivity index (χ1n) is 10.7. The zero-order valence-corrected chi connectivity index (χ0v) is 19.7. The molecule has 0 aliphatic heterocycles. The van der Waals surface area contributed by atoms with Crippen molar-refractivity contribution in [2.45, 2.75) is 96.6 Å². The quantitative estimate of drug-likeness (QED) is 0.263. The minimum absolute atomic E-state index is 0.0233. The summed E-state index contributed by atoms with van der Waals surface area (Å²) in [5.41, 5.74) is 0.530. The zero-order chi connectivity index (χ0) is 21.2. The number of ether oxygens (including phenoxy) is 1. The second-order valence-corrected chi connectivity index (χ2v) is 13.9. The minimum Gasteiger partial charge on any atom is -0.456 e. The number of carbonyl (C=O) groups is 1. The molecule has 1 N–H and O–H groups in total. The Morgan fingerprint density at radius 2 is 1.64 bits per heavy atom. The number of rotatable bonds is 12. The summed E-state index contributed by atoms with van der Waals surface area (Å²) in [7, 11) is -2.09. The van der Waals surface area contributed by atoms with Crippen LogP contribution in [0.15, 0.2) is 30.3 Å². The van der Waals surface area contributed by atoms with Gasteiger partial charge in [-0.3, -0.25) is 0 Å². The van der Waals surface area contributed by atoms with Crippen LogP contribution < -0.4 is 0 Å². The van der Waals surface area contributed by atoms with E-state index in [-0.39, 0.29) is 17.6 Å². The molecule has 28 heavy (non-hydrogen) atoms. The van der Waals surface area contributed by atoms with Crippen molar-refractivity contribution in [3.63, 3.8) is 0 Å². The molecule has 0 heterocycles. The summed E-state index contributed by atoms with van der Waals surface area (Å²) in [4.78, 5) is 12.6. The number of hydrogen-bond acceptors (Lipinski definition) is 4. The van der Waals surface area contributed by atoms with E-state index in [0.29, 0.717) is 12.0 Å². The molecule has 0 amide bonds. The van der Waals surface area contributed by atoms with Gasteiger partial charge in [-0.05, 0) is 43.1 Å². The molecule has 0 aromatic heterocycles. The Kier molecular flexibility index (Phi) is 10.4. The Balaban J connectivity index is 2.88. The van der Waals surface area contributed by atoms with Gasteiger partial charge in [-0.25, -0.2) is 4.79 Å². The second-order valence-electron chi connectivity index (χ2n) is 9.11. The minimum atomic E-state index is -2.09. The molecule has 4 nitrogen and oxygen atoms in total. The number of aliphatic hydroxyl groups is 1. The van der Waals surface area contributed by atoms with E-state index in [1.165, 1.54) is 19.3 Å². The Morgan fingerprint density at radius 1 is 1.04 bits per heavy atom. The summed E-state index contributed by atoms with van der Waals surface area (Å²) in [6.07, 6.45) is 5.45. The van der Waals surface area contributed by atoms with Crippen LogP contribution in [0.3, 0.4) is 0 Å². The van der Waals surface area contributed by atoms with Crippen molar-refractivity contribution in [3.05, 3.63) is 35.9 Å². The number of hydrogen-bond donors (Lipinski definition) is 1. The fourth-order valence-corrected chi connectivity index (χ4v) is 4.17. The summed E-state index contributed by atoms with van der Waals surface area (Å²) in [6, 6.07) is 9.03. The lowest BCUT2D eigenvalue weighted by atomic mass is 10.0. The molecule has 1 aromatic carbocycles. The third-order valence-electron chi connectivity index (χ3n) is 5.71. The van der Waals surface area contributed by atoms with Gasteiger partial charge >= 0.3 is 5.97 Å². The number of carbonyl (C=O) groups excluding carboxylic acids is 1. The summed E-state index contributed by atoms with van der Waals surface area (Å²) in [5.74, 6) is -0.351. The second kappa shape index (κ2) is 11.7. The molecule has 160 valence electrons. The van der Waals surface area contributed by atoms with Crippen LogP contribution >= 0.6 is 0 Å². The lowest BCUT2D eigenvalue weighted by Gasteiger charge is -2.40. The lowest BCUT2D eigenvalue weighted by molar-refractivity contribution is -0.0351. The normalized spacial score (nSPS) is 14.5. The fraction of sp³-hybridized carbons (Fsp3) is 0.696. The van der Waals surface area contributed by atoms with Crippen molar-refractivity contribution in [3.8, 4) is 0 Å². The maximum atomic E-state index is 12.6. The fourth-order valence-electron chi connectivity index (χ4n) is 2.84. The highest BCUT2D eigenvalue weighted by atomic mass is 28.4. The maximum absolute atomic E-state index is 12.6. The third kappa shape index (κ3) is 8.06. The first-order valence-corrected chi connectivity index (χ1v) is 13.6. The Morgan fingerprint density at radius 3 is 2.18 bits per heavy atom. The monoisotopic (exact) mass is 408 g/mol. The van der Waals surface area contributed by atoms with Gasteiger partial charge in [0.15, 0.2) is 8.32 Å². The van der Waals surface area contributed by atoms with Gasteiger partial charge in [-0.2, -0.15) is 0 Å². The van der Waals surface area contributed by atoms with E-state index in [1.54, 1.807) is 12.1 Å². The molecule has 0 bridgehead atoms. The predicted octanol–water partition coefficient (Wildman–Crippen LogP) is 5.96. The molecule has 2 atom stereocenters. The maximum Gasteiger partial charge on any atom is 0.338 e. The average molecular weight is 409 g/mol. The molecule has 0 spiro atoms. The summed E-state index contributed by atoms with van der Waals surface area (Å²) in [6.45, 7) is 12.9. The van der Waals surface area contributed by atoms with Gasteiger partial charge in [0.25, 0.3) is 0 Å². The van der Waals surface area contributed by atoms with Crippen LogP contribution in [-0.4, -0.2) is 38.2 Å². The van der Waals surface area contributed by atoms with Crippen molar-refractivity contribution in [2.24, 2.45) is 0 Å². The molecule has 0 saturated heterocycles. The van der Waals surface area contributed by atoms with Gasteiger partial charge in [0.2, 0.25) is 0 Å². The molecule has 0 aliphatic carbocycles. The molecule has 0 radical (unpaired) electrons. The van der Waals surface area contributed by atoms with E-state index in [2.05, 4.69) is 40.8 Å². The first-order chi connectivity index (χ1) is 13.1. The number of esters is 1. The molecule has 0 saturated carbocycles. The van der Waals surface area contributed by atoms with Crippen molar-refractivity contribution < 1.29 is 19.1 Å². The van der Waals surface area contributed by atoms with Crippen molar-refractivity contribution in [1.29, 1.82) is 0 Å². The Labute approximate surface area is 172 Å². The highest BCUT2D eigenvalue weighted by Gasteiger charge is 2.41. The molecule has 1 aromatic rings. The molecule has 1 rings (SSSR count). The molecule has 0 aliphatic rings. The van der Waals surface area contributed by atoms with E-state index in [1.807, 2.05) is 18.2 Å². The molecule has 5 heteroatoms. The smallest absolute Gasteiger partial charge is 0.338 e. The van der Waals surface area contributed by atoms with Gasteiger partial charge in [0.05, 0.1) is 12.2 Å². The van der Waals surface area contributed by atoms with Crippen LogP contribution in [0.2, 0.25) is 18.1 Å². The number of aliphatic hydroxyl groups excluding tert-OH is 1. The Bertz CT molecular complexity index is 566. The molecular formula is C23H40O4Si. The Hall–Kier alpha value is -1.17. The van der Waals surface area contributed by atoms with E-state index in [9.17, 15) is 9.90 Å². The molecular weight excluding hydrogens is 368 g/mol. The van der Waals surface area contributed by atoms with E-state index in [0.717, 1.165) is 12.8 Å². The number of benzene rings is 1. The summed E-state index contributed by atoms with van der Waals surface area (Å²) < 4.78 is 12.3. The highest BCUT2D eigenvalue weighted by Crippen LogP contribution is 2.38. The van der Waals surface area contributed by atoms with Crippen molar-refractivity contribution in [1.82, 2.24) is 0 Å². The lowest BCUT2D eigenvalue weighted by Crippen LogP contribution is -2.49. The van der Waals surface area contributed by atoms with Gasteiger partial charge in [0.1, 0.15) is 12.2 Å².